The van der Waals surface area contributed by atoms with Gasteiger partial charge in [0.1, 0.15) is 11.4 Å². The quantitative estimate of drug-likeness (QED) is 0.833. The minimum absolute atomic E-state index is 0.0644. The molecule has 0 unspecified atom stereocenters. The van der Waals surface area contributed by atoms with Gasteiger partial charge in [0.25, 0.3) is 6.43 Å². The van der Waals surface area contributed by atoms with Crippen molar-refractivity contribution < 1.29 is 18.3 Å². The zero-order valence-electron chi connectivity index (χ0n) is 8.34. The molecule has 0 aliphatic rings. The van der Waals surface area contributed by atoms with Gasteiger partial charge in [-0.15, -0.1) is 0 Å². The number of alkyl halides is 2. The highest BCUT2D eigenvalue weighted by Crippen LogP contribution is 2.28. The van der Waals surface area contributed by atoms with Gasteiger partial charge in [0, 0.05) is 6.54 Å². The van der Waals surface area contributed by atoms with Crippen molar-refractivity contribution in [2.24, 2.45) is 5.73 Å². The highest BCUT2D eigenvalue weighted by molar-refractivity contribution is 6.32. The van der Waals surface area contributed by atoms with Crippen LogP contribution in [0.2, 0.25) is 5.02 Å². The van der Waals surface area contributed by atoms with Crippen LogP contribution in [-0.2, 0) is 11.3 Å². The van der Waals surface area contributed by atoms with Gasteiger partial charge in [0.05, 0.1) is 12.1 Å². The van der Waals surface area contributed by atoms with Crippen LogP contribution < -0.4 is 5.73 Å². The maximum absolute atomic E-state index is 12.6. The Balaban J connectivity index is 3.34. The van der Waals surface area contributed by atoms with Gasteiger partial charge in [-0.3, -0.25) is 0 Å². The van der Waals surface area contributed by atoms with Crippen LogP contribution in [0, 0.1) is 0 Å². The van der Waals surface area contributed by atoms with Crippen LogP contribution in [-0.4, -0.2) is 18.1 Å². The first-order chi connectivity index (χ1) is 7.51. The Labute approximate surface area is 95.4 Å². The molecule has 0 radical (unpaired) electrons. The van der Waals surface area contributed by atoms with Crippen LogP contribution in [0.15, 0.2) is 6.07 Å². The number of ether oxygens (including phenoxy) is 1. The summed E-state index contributed by atoms with van der Waals surface area (Å²) >= 11 is 5.65. The number of carbonyl (C=O) groups excluding carboxylic acids is 1. The molecule has 0 saturated heterocycles. The Morgan fingerprint density at radius 2 is 2.31 bits per heavy atom. The predicted octanol–water partition coefficient (Wildman–Crippen LogP) is 1.92. The number of carbonyl (C=O) groups is 1. The summed E-state index contributed by atoms with van der Waals surface area (Å²) in [6.07, 6.45) is -2.87. The van der Waals surface area contributed by atoms with E-state index < -0.39 is 18.1 Å². The first-order valence-corrected chi connectivity index (χ1v) is 4.64. The Bertz CT molecular complexity index is 413. The van der Waals surface area contributed by atoms with Gasteiger partial charge in [0.2, 0.25) is 0 Å². The lowest BCUT2D eigenvalue weighted by Crippen LogP contribution is -2.10. The third-order valence-electron chi connectivity index (χ3n) is 1.88. The molecular formula is C9H9ClF2N2O2. The maximum Gasteiger partial charge on any atom is 0.356 e. The zero-order chi connectivity index (χ0) is 12.3. The van der Waals surface area contributed by atoms with Gasteiger partial charge < -0.3 is 10.5 Å². The molecule has 16 heavy (non-hydrogen) atoms. The summed E-state index contributed by atoms with van der Waals surface area (Å²) in [5, 5.41) is -0.217. The van der Waals surface area contributed by atoms with E-state index in [1.807, 2.05) is 0 Å². The van der Waals surface area contributed by atoms with Crippen LogP contribution in [0.5, 0.6) is 0 Å². The Kier molecular flexibility index (Phi) is 4.14. The highest BCUT2D eigenvalue weighted by atomic mass is 35.5. The molecule has 1 aromatic rings. The summed E-state index contributed by atoms with van der Waals surface area (Å²) in [6.45, 7) is -0.0644. The van der Waals surface area contributed by atoms with Crippen molar-refractivity contribution in [3.05, 3.63) is 28.0 Å². The fraction of sp³-hybridized carbons (Fsp3) is 0.333. The summed E-state index contributed by atoms with van der Waals surface area (Å²) < 4.78 is 29.5. The van der Waals surface area contributed by atoms with Gasteiger partial charge in [-0.25, -0.2) is 18.6 Å². The highest BCUT2D eigenvalue weighted by Gasteiger charge is 2.20. The average molecular weight is 251 g/mol. The smallest absolute Gasteiger partial charge is 0.356 e. The fourth-order valence-corrected chi connectivity index (χ4v) is 1.36. The van der Waals surface area contributed by atoms with Gasteiger partial charge in [-0.2, -0.15) is 0 Å². The lowest BCUT2D eigenvalue weighted by Gasteiger charge is -2.09. The van der Waals surface area contributed by atoms with E-state index in [-0.39, 0.29) is 22.8 Å². The number of nitrogens with zero attached hydrogens (tertiary/aromatic N) is 1. The van der Waals surface area contributed by atoms with Crippen LogP contribution in [0.3, 0.4) is 0 Å². The maximum atomic E-state index is 12.6. The molecule has 1 rings (SSSR count). The first kappa shape index (κ1) is 12.8. The molecule has 1 aromatic heterocycles. The normalized spacial score (nSPS) is 10.6. The Morgan fingerprint density at radius 1 is 1.69 bits per heavy atom. The van der Waals surface area contributed by atoms with Crippen molar-refractivity contribution in [2.45, 2.75) is 13.0 Å². The zero-order valence-corrected chi connectivity index (χ0v) is 9.09. The lowest BCUT2D eigenvalue weighted by molar-refractivity contribution is 0.0592. The molecule has 4 nitrogen and oxygen atoms in total. The number of pyridine rings is 1. The second kappa shape index (κ2) is 5.18. The molecule has 1 heterocycles. The SMILES string of the molecule is COC(=O)c1cc(CN)c(Cl)c(C(F)F)n1. The van der Waals surface area contributed by atoms with Crippen LogP contribution in [0.25, 0.3) is 0 Å². The van der Waals surface area contributed by atoms with E-state index in [9.17, 15) is 13.6 Å². The number of methoxy groups -OCH3 is 1. The summed E-state index contributed by atoms with van der Waals surface area (Å²) in [4.78, 5) is 14.6. The number of aromatic nitrogens is 1. The predicted molar refractivity (Wildman–Crippen MR) is 53.4 cm³/mol. The monoisotopic (exact) mass is 250 g/mol. The van der Waals surface area contributed by atoms with E-state index in [4.69, 9.17) is 17.3 Å². The summed E-state index contributed by atoms with van der Waals surface area (Å²) in [6, 6.07) is 1.24. The molecule has 0 aliphatic carbocycles. The Hall–Kier alpha value is -1.27. The number of hydrogen-bond donors (Lipinski definition) is 1. The molecule has 0 fully saturated rings. The van der Waals surface area contributed by atoms with E-state index in [1.54, 1.807) is 0 Å². The van der Waals surface area contributed by atoms with Crippen molar-refractivity contribution >= 4 is 17.6 Å². The molecule has 0 atom stereocenters. The van der Waals surface area contributed by atoms with E-state index in [2.05, 4.69) is 9.72 Å². The number of esters is 1. The number of nitrogens with two attached hydrogens (primary N) is 1. The van der Waals surface area contributed by atoms with Crippen molar-refractivity contribution in [2.75, 3.05) is 7.11 Å². The van der Waals surface area contributed by atoms with Gasteiger partial charge >= 0.3 is 5.97 Å². The third-order valence-corrected chi connectivity index (χ3v) is 2.32. The van der Waals surface area contributed by atoms with E-state index in [1.165, 1.54) is 6.07 Å². The number of rotatable bonds is 3. The van der Waals surface area contributed by atoms with Gasteiger partial charge in [-0.1, -0.05) is 11.6 Å². The standard InChI is InChI=1S/C9H9ClF2N2O2/c1-16-9(15)5-2-4(3-13)6(10)7(14-5)8(11)12/h2,8H,3,13H2,1H3. The Morgan fingerprint density at radius 3 is 2.75 bits per heavy atom. The number of halogens is 3. The summed E-state index contributed by atoms with van der Waals surface area (Å²) in [5.74, 6) is -0.812. The molecule has 0 spiro atoms. The molecule has 0 amide bonds. The third kappa shape index (κ3) is 2.45. The summed E-state index contributed by atoms with van der Waals surface area (Å²) in [7, 11) is 1.13. The van der Waals surface area contributed by atoms with Gasteiger partial charge in [-0.05, 0) is 11.6 Å². The van der Waals surface area contributed by atoms with E-state index in [0.29, 0.717) is 0 Å². The van der Waals surface area contributed by atoms with E-state index in [0.717, 1.165) is 7.11 Å². The molecule has 0 bridgehead atoms. The van der Waals surface area contributed by atoms with Crippen molar-refractivity contribution in [1.29, 1.82) is 0 Å². The minimum Gasteiger partial charge on any atom is -0.464 e. The summed E-state index contributed by atoms with van der Waals surface area (Å²) in [5.41, 5.74) is 4.65. The van der Waals surface area contributed by atoms with Crippen molar-refractivity contribution in [3.63, 3.8) is 0 Å². The topological polar surface area (TPSA) is 65.2 Å². The van der Waals surface area contributed by atoms with E-state index >= 15 is 0 Å². The van der Waals surface area contributed by atoms with Crippen molar-refractivity contribution in [1.82, 2.24) is 4.98 Å². The molecule has 88 valence electrons. The largest absolute Gasteiger partial charge is 0.464 e. The van der Waals surface area contributed by atoms with Gasteiger partial charge in [0.15, 0.2) is 0 Å². The van der Waals surface area contributed by atoms with Crippen LogP contribution in [0.4, 0.5) is 8.78 Å². The molecule has 2 N–H and O–H groups in total. The minimum atomic E-state index is -2.87. The van der Waals surface area contributed by atoms with Crippen LogP contribution >= 0.6 is 11.6 Å². The molecule has 7 heteroatoms. The first-order valence-electron chi connectivity index (χ1n) is 4.27. The molecular weight excluding hydrogens is 242 g/mol. The van der Waals surface area contributed by atoms with Crippen LogP contribution in [0.1, 0.15) is 28.2 Å². The second-order valence-corrected chi connectivity index (χ2v) is 3.24. The second-order valence-electron chi connectivity index (χ2n) is 2.86. The van der Waals surface area contributed by atoms with Crippen molar-refractivity contribution in [3.8, 4) is 0 Å². The molecule has 0 aromatic carbocycles. The fourth-order valence-electron chi connectivity index (χ4n) is 1.11. The molecule has 0 aliphatic heterocycles. The lowest BCUT2D eigenvalue weighted by atomic mass is 10.2. The number of hydrogen-bond acceptors (Lipinski definition) is 4. The molecule has 0 saturated carbocycles. The average Bonchev–Trinajstić information content (AvgIpc) is 2.27.